The van der Waals surface area contributed by atoms with Crippen molar-refractivity contribution in [2.45, 2.75) is 32.1 Å². The Morgan fingerprint density at radius 2 is 1.83 bits per heavy atom. The van der Waals surface area contributed by atoms with Crippen molar-refractivity contribution < 1.29 is 0 Å². The number of thiophene rings is 1. The largest absolute Gasteiger partial charge is 0.277 e. The third-order valence-corrected chi connectivity index (χ3v) is 6.37. The first-order valence-electron chi connectivity index (χ1n) is 9.72. The summed E-state index contributed by atoms with van der Waals surface area (Å²) < 4.78 is 4.77. The van der Waals surface area contributed by atoms with Gasteiger partial charge < -0.3 is 0 Å². The molecule has 0 aliphatic heterocycles. The molecule has 1 fully saturated rings. The van der Waals surface area contributed by atoms with E-state index in [-0.39, 0.29) is 0 Å². The van der Waals surface area contributed by atoms with Crippen LogP contribution in [0.1, 0.15) is 18.4 Å². The summed E-state index contributed by atoms with van der Waals surface area (Å²) >= 11 is 7.57. The van der Waals surface area contributed by atoms with Crippen molar-refractivity contribution in [3.8, 4) is 16.4 Å². The first-order chi connectivity index (χ1) is 14.3. The van der Waals surface area contributed by atoms with Crippen LogP contribution in [-0.2, 0) is 13.2 Å². The van der Waals surface area contributed by atoms with Gasteiger partial charge in [-0.25, -0.2) is 4.68 Å². The number of aromatic nitrogens is 4. The Morgan fingerprint density at radius 3 is 2.52 bits per heavy atom. The summed E-state index contributed by atoms with van der Waals surface area (Å²) in [6.45, 7) is 1.56. The van der Waals surface area contributed by atoms with Crippen molar-refractivity contribution in [3.05, 3.63) is 82.7 Å². The molecule has 1 aliphatic carbocycles. The summed E-state index contributed by atoms with van der Waals surface area (Å²) in [5.74, 6) is 0.899. The van der Waals surface area contributed by atoms with Gasteiger partial charge in [-0.15, -0.1) is 16.4 Å². The molecule has 4 aromatic rings. The summed E-state index contributed by atoms with van der Waals surface area (Å²) in [5.41, 5.74) is 2.30. The second-order valence-electron chi connectivity index (χ2n) is 7.23. The van der Waals surface area contributed by atoms with E-state index in [9.17, 15) is 0 Å². The highest BCUT2D eigenvalue weighted by Crippen LogP contribution is 2.30. The molecular weight excluding hydrogens is 398 g/mol. The summed E-state index contributed by atoms with van der Waals surface area (Å²) in [6, 6.07) is 19.1. The van der Waals surface area contributed by atoms with Crippen LogP contribution in [0.15, 0.2) is 72.4 Å². The molecule has 0 unspecified atom stereocenters. The zero-order valence-electron chi connectivity index (χ0n) is 15.9. The summed E-state index contributed by atoms with van der Waals surface area (Å²) in [7, 11) is 0. The highest BCUT2D eigenvalue weighted by Gasteiger charge is 2.30. The minimum Gasteiger partial charge on any atom is -0.277 e. The molecule has 0 spiro atoms. The highest BCUT2D eigenvalue weighted by molar-refractivity contribution is 7.71. The lowest BCUT2D eigenvalue weighted by Gasteiger charge is -2.21. The number of benzene rings is 1. The Morgan fingerprint density at radius 1 is 1.03 bits per heavy atom. The topological polar surface area (TPSA) is 38.9 Å². The zero-order valence-corrected chi connectivity index (χ0v) is 17.5. The maximum atomic E-state index is 5.89. The standard InChI is InChI=1S/C22H21N5S2/c28-22-26(16-25(18-8-9-18)15-17-10-12-23-13-11-17)24-21(20-7-4-14-29-20)27(22)19-5-2-1-3-6-19/h1-7,10-14,18H,8-9,15-16H2. The number of hydrogen-bond acceptors (Lipinski definition) is 5. The van der Waals surface area contributed by atoms with Crippen molar-refractivity contribution in [1.82, 2.24) is 24.2 Å². The molecule has 146 valence electrons. The van der Waals surface area contributed by atoms with Crippen LogP contribution in [0.2, 0.25) is 0 Å². The minimum absolute atomic E-state index is 0.595. The van der Waals surface area contributed by atoms with Crippen LogP contribution >= 0.6 is 23.6 Å². The zero-order chi connectivity index (χ0) is 19.6. The van der Waals surface area contributed by atoms with Crippen LogP contribution < -0.4 is 0 Å². The molecule has 5 nitrogen and oxygen atoms in total. The van der Waals surface area contributed by atoms with E-state index in [0.717, 1.165) is 27.7 Å². The number of para-hydroxylation sites is 1. The summed E-state index contributed by atoms with van der Waals surface area (Å²) in [6.07, 6.45) is 6.17. The SMILES string of the molecule is S=c1n(CN(Cc2ccncc2)C2CC2)nc(-c2cccs2)n1-c1ccccc1. The fourth-order valence-electron chi connectivity index (χ4n) is 3.50. The van der Waals surface area contributed by atoms with Crippen LogP contribution in [0.3, 0.4) is 0 Å². The first-order valence-corrected chi connectivity index (χ1v) is 11.0. The van der Waals surface area contributed by atoms with E-state index in [1.54, 1.807) is 11.3 Å². The lowest BCUT2D eigenvalue weighted by Crippen LogP contribution is -2.29. The Bertz CT molecular complexity index is 1130. The Labute approximate surface area is 178 Å². The molecule has 1 saturated carbocycles. The first kappa shape index (κ1) is 18.4. The van der Waals surface area contributed by atoms with Crippen LogP contribution in [0.4, 0.5) is 0 Å². The van der Waals surface area contributed by atoms with Gasteiger partial charge in [0.05, 0.1) is 11.5 Å². The molecule has 1 aliphatic rings. The molecule has 0 radical (unpaired) electrons. The quantitative estimate of drug-likeness (QED) is 0.388. The third-order valence-electron chi connectivity index (χ3n) is 5.11. The average Bonchev–Trinajstić information content (AvgIpc) is 3.36. The van der Waals surface area contributed by atoms with Crippen LogP contribution in [0.5, 0.6) is 0 Å². The fourth-order valence-corrected chi connectivity index (χ4v) is 4.49. The number of rotatable bonds is 7. The van der Waals surface area contributed by atoms with Crippen molar-refractivity contribution in [2.75, 3.05) is 0 Å². The van der Waals surface area contributed by atoms with E-state index >= 15 is 0 Å². The van der Waals surface area contributed by atoms with E-state index < -0.39 is 0 Å². The van der Waals surface area contributed by atoms with E-state index in [2.05, 4.69) is 56.2 Å². The molecule has 0 atom stereocenters. The van der Waals surface area contributed by atoms with Gasteiger partial charge in [0.25, 0.3) is 0 Å². The Kier molecular flexibility index (Phi) is 5.10. The highest BCUT2D eigenvalue weighted by atomic mass is 32.1. The molecule has 0 N–H and O–H groups in total. The van der Waals surface area contributed by atoms with Crippen molar-refractivity contribution in [3.63, 3.8) is 0 Å². The fraction of sp³-hybridized carbons (Fsp3) is 0.227. The summed E-state index contributed by atoms with van der Waals surface area (Å²) in [5, 5.41) is 7.03. The van der Waals surface area contributed by atoms with Crippen LogP contribution in [0, 0.1) is 4.77 Å². The molecule has 1 aromatic carbocycles. The Balaban J connectivity index is 1.52. The molecular formula is C22H21N5S2. The van der Waals surface area contributed by atoms with E-state index in [0.29, 0.717) is 12.7 Å². The van der Waals surface area contributed by atoms with E-state index in [4.69, 9.17) is 17.3 Å². The third kappa shape index (κ3) is 3.94. The van der Waals surface area contributed by atoms with Gasteiger partial charge >= 0.3 is 0 Å². The van der Waals surface area contributed by atoms with Gasteiger partial charge in [-0.3, -0.25) is 14.5 Å². The van der Waals surface area contributed by atoms with E-state index in [1.165, 1.54) is 18.4 Å². The molecule has 5 rings (SSSR count). The molecule has 7 heteroatoms. The van der Waals surface area contributed by atoms with Crippen LogP contribution in [-0.4, -0.2) is 30.3 Å². The number of pyridine rings is 1. The van der Waals surface area contributed by atoms with Gasteiger partial charge in [-0.2, -0.15) is 0 Å². The molecule has 29 heavy (non-hydrogen) atoms. The monoisotopic (exact) mass is 419 g/mol. The lowest BCUT2D eigenvalue weighted by molar-refractivity contribution is 0.186. The van der Waals surface area contributed by atoms with Crippen molar-refractivity contribution in [2.24, 2.45) is 0 Å². The maximum absolute atomic E-state index is 5.89. The number of hydrogen-bond donors (Lipinski definition) is 0. The predicted octanol–water partition coefficient (Wildman–Crippen LogP) is 5.15. The Hall–Kier alpha value is -2.61. The van der Waals surface area contributed by atoms with Crippen LogP contribution in [0.25, 0.3) is 16.4 Å². The maximum Gasteiger partial charge on any atom is 0.204 e. The van der Waals surface area contributed by atoms with Gasteiger partial charge in [0, 0.05) is 30.7 Å². The van der Waals surface area contributed by atoms with Gasteiger partial charge in [0.15, 0.2) is 5.82 Å². The molecule has 3 heterocycles. The average molecular weight is 420 g/mol. The van der Waals surface area contributed by atoms with Crippen molar-refractivity contribution >= 4 is 23.6 Å². The number of nitrogens with zero attached hydrogens (tertiary/aromatic N) is 5. The van der Waals surface area contributed by atoms with Crippen molar-refractivity contribution in [1.29, 1.82) is 0 Å². The van der Waals surface area contributed by atoms with Gasteiger partial charge in [-0.05, 0) is 66.3 Å². The molecule has 0 amide bonds. The predicted molar refractivity (Wildman–Crippen MR) is 119 cm³/mol. The molecule has 0 saturated heterocycles. The van der Waals surface area contributed by atoms with Gasteiger partial charge in [-0.1, -0.05) is 24.3 Å². The molecule has 3 aromatic heterocycles. The van der Waals surface area contributed by atoms with Gasteiger partial charge in [0.1, 0.15) is 0 Å². The minimum atomic E-state index is 0.595. The smallest absolute Gasteiger partial charge is 0.204 e. The summed E-state index contributed by atoms with van der Waals surface area (Å²) in [4.78, 5) is 7.71. The lowest BCUT2D eigenvalue weighted by atomic mass is 10.2. The van der Waals surface area contributed by atoms with E-state index in [1.807, 2.05) is 35.3 Å². The van der Waals surface area contributed by atoms with Gasteiger partial charge in [0.2, 0.25) is 4.77 Å². The second kappa shape index (κ2) is 8.02. The normalized spacial score (nSPS) is 13.8. The molecule has 0 bridgehead atoms. The second-order valence-corrected chi connectivity index (χ2v) is 8.54.